The average molecular weight is 235 g/mol. The Kier molecular flexibility index (Phi) is 3.07. The van der Waals surface area contributed by atoms with Gasteiger partial charge in [0.2, 0.25) is 0 Å². The summed E-state index contributed by atoms with van der Waals surface area (Å²) in [5.74, 6) is -0.884. The van der Waals surface area contributed by atoms with Crippen LogP contribution in [0.5, 0.6) is 0 Å². The predicted octanol–water partition coefficient (Wildman–Crippen LogP) is 2.00. The van der Waals surface area contributed by atoms with E-state index in [9.17, 15) is 4.79 Å². The molecule has 0 saturated carbocycles. The van der Waals surface area contributed by atoms with E-state index < -0.39 is 5.97 Å². The van der Waals surface area contributed by atoms with Crippen LogP contribution in [0.3, 0.4) is 0 Å². The average Bonchev–Trinajstić information content (AvgIpc) is 2.27. The van der Waals surface area contributed by atoms with E-state index in [0.717, 1.165) is 12.2 Å². The molecule has 0 aliphatic carbocycles. The summed E-state index contributed by atoms with van der Waals surface area (Å²) in [6.45, 7) is 6.09. The van der Waals surface area contributed by atoms with Crippen LogP contribution < -0.4 is 4.90 Å². The predicted molar refractivity (Wildman–Crippen MR) is 65.6 cm³/mol. The van der Waals surface area contributed by atoms with E-state index in [1.165, 1.54) is 0 Å². The van der Waals surface area contributed by atoms with Gasteiger partial charge in [-0.25, -0.2) is 4.79 Å². The Hall–Kier alpha value is -1.55. The molecule has 0 bridgehead atoms. The minimum absolute atomic E-state index is 0.232. The Balaban J connectivity index is 2.30. The fourth-order valence-electron chi connectivity index (χ4n) is 2.15. The lowest BCUT2D eigenvalue weighted by molar-refractivity contribution is -0.0277. The highest BCUT2D eigenvalue weighted by Crippen LogP contribution is 2.26. The number of aromatic carboxylic acids is 1. The molecule has 1 N–H and O–H groups in total. The third-order valence-electron chi connectivity index (χ3n) is 2.90. The summed E-state index contributed by atoms with van der Waals surface area (Å²) in [6.07, 6.45) is 0. The third kappa shape index (κ3) is 2.58. The number of ether oxygens (including phenoxy) is 1. The van der Waals surface area contributed by atoms with Crippen LogP contribution in [0.1, 0.15) is 24.2 Å². The monoisotopic (exact) mass is 235 g/mol. The Bertz CT molecular complexity index is 428. The minimum atomic E-state index is -0.884. The number of hydrogen-bond donors (Lipinski definition) is 1. The van der Waals surface area contributed by atoms with Crippen molar-refractivity contribution in [3.63, 3.8) is 0 Å². The van der Waals surface area contributed by atoms with Gasteiger partial charge < -0.3 is 14.7 Å². The van der Waals surface area contributed by atoms with Gasteiger partial charge in [-0.15, -0.1) is 0 Å². The lowest BCUT2D eigenvalue weighted by Gasteiger charge is -2.39. The number of anilines is 1. The normalized spacial score (nSPS) is 19.1. The van der Waals surface area contributed by atoms with E-state index >= 15 is 0 Å². The third-order valence-corrected chi connectivity index (χ3v) is 2.90. The lowest BCUT2D eigenvalue weighted by atomic mass is 10.1. The summed E-state index contributed by atoms with van der Waals surface area (Å²) >= 11 is 0. The number of morpholine rings is 1. The molecule has 0 radical (unpaired) electrons. The molecule has 1 fully saturated rings. The first-order valence-corrected chi connectivity index (χ1v) is 5.71. The van der Waals surface area contributed by atoms with Crippen molar-refractivity contribution in [2.24, 2.45) is 0 Å². The van der Waals surface area contributed by atoms with Gasteiger partial charge in [0, 0.05) is 13.1 Å². The van der Waals surface area contributed by atoms with Crippen LogP contribution in [0.25, 0.3) is 0 Å². The van der Waals surface area contributed by atoms with E-state index in [1.807, 2.05) is 26.0 Å². The van der Waals surface area contributed by atoms with E-state index in [-0.39, 0.29) is 5.60 Å². The fraction of sp³-hybridized carbons (Fsp3) is 0.462. The molecule has 1 aromatic carbocycles. The summed E-state index contributed by atoms with van der Waals surface area (Å²) in [5.41, 5.74) is 0.894. The molecule has 1 saturated heterocycles. The zero-order valence-electron chi connectivity index (χ0n) is 10.1. The van der Waals surface area contributed by atoms with Gasteiger partial charge in [0.1, 0.15) is 0 Å². The van der Waals surface area contributed by atoms with Crippen molar-refractivity contribution in [3.05, 3.63) is 29.8 Å². The maximum absolute atomic E-state index is 11.2. The molecule has 2 rings (SSSR count). The fourth-order valence-corrected chi connectivity index (χ4v) is 2.15. The molecule has 92 valence electrons. The lowest BCUT2D eigenvalue weighted by Crippen LogP contribution is -2.48. The highest BCUT2D eigenvalue weighted by Gasteiger charge is 2.28. The standard InChI is InChI=1S/C13H17NO3/c1-13(2)9-14(7-8-17-13)11-6-4-3-5-10(11)12(15)16/h3-6H,7-9H2,1-2H3,(H,15,16). The summed E-state index contributed by atoms with van der Waals surface area (Å²) < 4.78 is 5.63. The molecule has 1 aromatic rings. The topological polar surface area (TPSA) is 49.8 Å². The summed E-state index contributed by atoms with van der Waals surface area (Å²) in [7, 11) is 0. The SMILES string of the molecule is CC1(C)CN(c2ccccc2C(=O)O)CCO1. The number of benzene rings is 1. The zero-order chi connectivity index (χ0) is 12.5. The van der Waals surface area contributed by atoms with Crippen molar-refractivity contribution in [3.8, 4) is 0 Å². The first kappa shape index (κ1) is 11.9. The first-order valence-electron chi connectivity index (χ1n) is 5.71. The molecule has 4 heteroatoms. The molecule has 0 amide bonds. The highest BCUT2D eigenvalue weighted by molar-refractivity contribution is 5.94. The van der Waals surface area contributed by atoms with Gasteiger partial charge in [0.05, 0.1) is 23.5 Å². The molecule has 0 atom stereocenters. The maximum atomic E-state index is 11.2. The van der Waals surface area contributed by atoms with Crippen LogP contribution in [0.15, 0.2) is 24.3 Å². The van der Waals surface area contributed by atoms with Crippen molar-refractivity contribution >= 4 is 11.7 Å². The van der Waals surface area contributed by atoms with Gasteiger partial charge in [-0.2, -0.15) is 0 Å². The second-order valence-electron chi connectivity index (χ2n) is 4.85. The van der Waals surface area contributed by atoms with E-state index in [1.54, 1.807) is 12.1 Å². The van der Waals surface area contributed by atoms with Gasteiger partial charge in [-0.05, 0) is 26.0 Å². The first-order chi connectivity index (χ1) is 7.99. The summed E-state index contributed by atoms with van der Waals surface area (Å²) in [4.78, 5) is 13.2. The molecule has 17 heavy (non-hydrogen) atoms. The largest absolute Gasteiger partial charge is 0.478 e. The maximum Gasteiger partial charge on any atom is 0.337 e. The van der Waals surface area contributed by atoms with Crippen molar-refractivity contribution in [1.82, 2.24) is 0 Å². The Morgan fingerprint density at radius 3 is 2.76 bits per heavy atom. The van der Waals surface area contributed by atoms with Crippen molar-refractivity contribution in [2.45, 2.75) is 19.4 Å². The summed E-state index contributed by atoms with van der Waals surface area (Å²) in [5, 5.41) is 9.17. The number of carboxylic acids is 1. The quantitative estimate of drug-likeness (QED) is 0.851. The molecular weight excluding hydrogens is 218 g/mol. The Morgan fingerprint density at radius 1 is 1.41 bits per heavy atom. The minimum Gasteiger partial charge on any atom is -0.478 e. The van der Waals surface area contributed by atoms with Crippen molar-refractivity contribution < 1.29 is 14.6 Å². The smallest absolute Gasteiger partial charge is 0.337 e. The number of carbonyl (C=O) groups is 1. The van der Waals surface area contributed by atoms with E-state index in [4.69, 9.17) is 9.84 Å². The molecule has 0 aromatic heterocycles. The van der Waals surface area contributed by atoms with Gasteiger partial charge in [-0.1, -0.05) is 12.1 Å². The Labute approximate surface area is 101 Å². The van der Waals surface area contributed by atoms with Gasteiger partial charge >= 0.3 is 5.97 Å². The van der Waals surface area contributed by atoms with Gasteiger partial charge in [-0.3, -0.25) is 0 Å². The second kappa shape index (κ2) is 4.37. The van der Waals surface area contributed by atoms with Crippen LogP contribution in [0, 0.1) is 0 Å². The van der Waals surface area contributed by atoms with Crippen LogP contribution in [0.4, 0.5) is 5.69 Å². The van der Waals surface area contributed by atoms with Crippen molar-refractivity contribution in [1.29, 1.82) is 0 Å². The summed E-state index contributed by atoms with van der Waals surface area (Å²) in [6, 6.07) is 7.10. The molecule has 1 heterocycles. The number of rotatable bonds is 2. The molecule has 0 unspecified atom stereocenters. The van der Waals surface area contributed by atoms with Crippen LogP contribution in [-0.2, 0) is 4.74 Å². The molecule has 4 nitrogen and oxygen atoms in total. The molecular formula is C13H17NO3. The van der Waals surface area contributed by atoms with Crippen LogP contribution in [0.2, 0.25) is 0 Å². The highest BCUT2D eigenvalue weighted by atomic mass is 16.5. The van der Waals surface area contributed by atoms with Gasteiger partial charge in [0.25, 0.3) is 0 Å². The number of hydrogen-bond acceptors (Lipinski definition) is 3. The van der Waals surface area contributed by atoms with Crippen LogP contribution in [-0.4, -0.2) is 36.4 Å². The zero-order valence-corrected chi connectivity index (χ0v) is 10.1. The Morgan fingerprint density at radius 2 is 2.12 bits per heavy atom. The van der Waals surface area contributed by atoms with Gasteiger partial charge in [0.15, 0.2) is 0 Å². The van der Waals surface area contributed by atoms with E-state index in [2.05, 4.69) is 4.90 Å². The second-order valence-corrected chi connectivity index (χ2v) is 4.85. The molecule has 0 spiro atoms. The molecule has 1 aliphatic rings. The van der Waals surface area contributed by atoms with E-state index in [0.29, 0.717) is 18.7 Å². The number of carboxylic acid groups (broad SMARTS) is 1. The molecule has 1 aliphatic heterocycles. The number of para-hydroxylation sites is 1. The van der Waals surface area contributed by atoms with Crippen molar-refractivity contribution in [2.75, 3.05) is 24.6 Å². The van der Waals surface area contributed by atoms with Crippen LogP contribution >= 0.6 is 0 Å². The number of nitrogens with zero attached hydrogens (tertiary/aromatic N) is 1.